The lowest BCUT2D eigenvalue weighted by Crippen LogP contribution is -2.46. The Hall–Kier alpha value is -0.740. The first-order valence-electron chi connectivity index (χ1n) is 5.83. The lowest BCUT2D eigenvalue weighted by atomic mass is 10.3. The van der Waals surface area contributed by atoms with Gasteiger partial charge in [-0.3, -0.25) is 0 Å². The normalized spacial score (nSPS) is 21.1. The molecule has 112 valence electrons. The van der Waals surface area contributed by atoms with Gasteiger partial charge in [0.05, 0.1) is 29.9 Å². The van der Waals surface area contributed by atoms with E-state index in [1.807, 2.05) is 0 Å². The average molecular weight is 369 g/mol. The Morgan fingerprint density at radius 3 is 2.90 bits per heavy atom. The van der Waals surface area contributed by atoms with Crippen molar-refractivity contribution in [3.8, 4) is 0 Å². The molecule has 0 saturated carbocycles. The summed E-state index contributed by atoms with van der Waals surface area (Å²) in [5.74, 6) is -0.689. The van der Waals surface area contributed by atoms with E-state index < -0.39 is 21.9 Å². The van der Waals surface area contributed by atoms with Crippen molar-refractivity contribution < 1.29 is 22.7 Å². The summed E-state index contributed by atoms with van der Waals surface area (Å²) >= 11 is 3.03. The summed E-state index contributed by atoms with van der Waals surface area (Å²) in [5, 5.41) is 9.05. The minimum Gasteiger partial charge on any atom is -0.396 e. The van der Waals surface area contributed by atoms with Gasteiger partial charge in [0.2, 0.25) is 10.0 Å². The molecule has 1 aromatic carbocycles. The fraction of sp³-hybridized carbons (Fsp3) is 0.455. The highest BCUT2D eigenvalue weighted by atomic mass is 79.9. The zero-order valence-electron chi connectivity index (χ0n) is 10.4. The minimum atomic E-state index is -3.83. The molecule has 1 atom stereocenters. The maximum Gasteiger partial charge on any atom is 0.244 e. The first-order chi connectivity index (χ1) is 9.36. The topological polar surface area (TPSA) is 92.9 Å². The number of anilines is 1. The summed E-state index contributed by atoms with van der Waals surface area (Å²) in [5.41, 5.74) is 5.19. The van der Waals surface area contributed by atoms with E-state index in [4.69, 9.17) is 15.6 Å². The standard InChI is InChI=1S/C11H14BrFN2O4S/c12-8-3-9(13)10(14)4-11(8)20(17,18)15-1-2-19-7(5-15)6-16/h3-4,7,16H,1-2,5-6,14H2. The minimum absolute atomic E-state index is 0.0442. The Bertz CT molecular complexity index is 611. The van der Waals surface area contributed by atoms with Gasteiger partial charge in [-0.25, -0.2) is 12.8 Å². The van der Waals surface area contributed by atoms with Crippen LogP contribution in [0.3, 0.4) is 0 Å². The average Bonchev–Trinajstić information content (AvgIpc) is 2.42. The largest absolute Gasteiger partial charge is 0.396 e. The zero-order chi connectivity index (χ0) is 14.9. The zero-order valence-corrected chi connectivity index (χ0v) is 12.8. The number of halogens is 2. The lowest BCUT2D eigenvalue weighted by Gasteiger charge is -2.31. The van der Waals surface area contributed by atoms with Gasteiger partial charge in [0.25, 0.3) is 0 Å². The number of hydrogen-bond donors (Lipinski definition) is 2. The Morgan fingerprint density at radius 1 is 1.55 bits per heavy atom. The monoisotopic (exact) mass is 368 g/mol. The van der Waals surface area contributed by atoms with E-state index >= 15 is 0 Å². The van der Waals surface area contributed by atoms with Gasteiger partial charge in [-0.05, 0) is 28.1 Å². The van der Waals surface area contributed by atoms with Crippen LogP contribution < -0.4 is 5.73 Å². The number of morpholine rings is 1. The van der Waals surface area contributed by atoms with Crippen molar-refractivity contribution in [1.29, 1.82) is 0 Å². The van der Waals surface area contributed by atoms with Crippen LogP contribution in [-0.4, -0.2) is 50.2 Å². The molecule has 20 heavy (non-hydrogen) atoms. The number of rotatable bonds is 3. The van der Waals surface area contributed by atoms with Gasteiger partial charge >= 0.3 is 0 Å². The molecule has 1 unspecified atom stereocenters. The van der Waals surface area contributed by atoms with Gasteiger partial charge in [-0.1, -0.05) is 0 Å². The van der Waals surface area contributed by atoms with Crippen LogP contribution in [0.5, 0.6) is 0 Å². The van der Waals surface area contributed by atoms with E-state index in [9.17, 15) is 12.8 Å². The van der Waals surface area contributed by atoms with E-state index in [0.717, 1.165) is 12.1 Å². The molecule has 1 fully saturated rings. The van der Waals surface area contributed by atoms with E-state index in [2.05, 4.69) is 15.9 Å². The molecule has 0 amide bonds. The second kappa shape index (κ2) is 5.94. The Balaban J connectivity index is 2.37. The second-order valence-corrected chi connectivity index (χ2v) is 7.10. The fourth-order valence-electron chi connectivity index (χ4n) is 1.90. The first-order valence-corrected chi connectivity index (χ1v) is 8.06. The molecule has 1 aliphatic rings. The van der Waals surface area contributed by atoms with Crippen LogP contribution >= 0.6 is 15.9 Å². The highest BCUT2D eigenvalue weighted by molar-refractivity contribution is 9.10. The highest BCUT2D eigenvalue weighted by Gasteiger charge is 2.32. The van der Waals surface area contributed by atoms with Crippen LogP contribution in [0.1, 0.15) is 0 Å². The number of sulfonamides is 1. The van der Waals surface area contributed by atoms with E-state index in [1.54, 1.807) is 0 Å². The Labute approximate surface area is 124 Å². The smallest absolute Gasteiger partial charge is 0.244 e. The number of ether oxygens (including phenoxy) is 1. The van der Waals surface area contributed by atoms with E-state index in [0.29, 0.717) is 0 Å². The van der Waals surface area contributed by atoms with Crippen LogP contribution in [0.25, 0.3) is 0 Å². The predicted octanol–water partition coefficient (Wildman–Crippen LogP) is 0.552. The summed E-state index contributed by atoms with van der Waals surface area (Å²) in [6, 6.07) is 2.10. The van der Waals surface area contributed by atoms with Crippen LogP contribution in [0, 0.1) is 5.82 Å². The highest BCUT2D eigenvalue weighted by Crippen LogP contribution is 2.29. The number of nitrogens with zero attached hydrogens (tertiary/aromatic N) is 1. The molecule has 0 aliphatic carbocycles. The molecular weight excluding hydrogens is 355 g/mol. The maximum atomic E-state index is 13.3. The van der Waals surface area contributed by atoms with Crippen molar-refractivity contribution in [3.05, 3.63) is 22.4 Å². The van der Waals surface area contributed by atoms with Crippen molar-refractivity contribution in [2.24, 2.45) is 0 Å². The number of hydrogen-bond acceptors (Lipinski definition) is 5. The summed E-state index contributed by atoms with van der Waals surface area (Å²) in [4.78, 5) is -0.102. The summed E-state index contributed by atoms with van der Waals surface area (Å²) in [6.45, 7) is 0.141. The third kappa shape index (κ3) is 2.96. The molecule has 1 aromatic rings. The second-order valence-electron chi connectivity index (χ2n) is 4.34. The van der Waals surface area contributed by atoms with Gasteiger partial charge in [0.1, 0.15) is 5.82 Å². The molecule has 0 bridgehead atoms. The molecular formula is C11H14BrFN2O4S. The third-order valence-electron chi connectivity index (χ3n) is 2.97. The van der Waals surface area contributed by atoms with Crippen molar-refractivity contribution in [2.45, 2.75) is 11.0 Å². The predicted molar refractivity (Wildman–Crippen MR) is 74.1 cm³/mol. The van der Waals surface area contributed by atoms with Gasteiger partial charge in [0, 0.05) is 17.6 Å². The van der Waals surface area contributed by atoms with Crippen LogP contribution in [0.15, 0.2) is 21.5 Å². The van der Waals surface area contributed by atoms with Crippen LogP contribution in [0.4, 0.5) is 10.1 Å². The molecule has 1 aliphatic heterocycles. The molecule has 9 heteroatoms. The number of nitrogens with two attached hydrogens (primary N) is 1. The van der Waals surface area contributed by atoms with Gasteiger partial charge in [0.15, 0.2) is 0 Å². The summed E-state index contributed by atoms with van der Waals surface area (Å²) in [7, 11) is -3.83. The van der Waals surface area contributed by atoms with Crippen LogP contribution in [0.2, 0.25) is 0 Å². The molecule has 0 aromatic heterocycles. The Kier molecular flexibility index (Phi) is 4.65. The summed E-state index contributed by atoms with van der Waals surface area (Å²) in [6.07, 6.45) is -0.560. The molecule has 6 nitrogen and oxygen atoms in total. The molecule has 3 N–H and O–H groups in total. The molecule has 1 heterocycles. The van der Waals surface area contributed by atoms with Crippen LogP contribution in [-0.2, 0) is 14.8 Å². The molecule has 0 radical (unpaired) electrons. The van der Waals surface area contributed by atoms with E-state index in [1.165, 1.54) is 4.31 Å². The van der Waals surface area contributed by atoms with Crippen molar-refractivity contribution in [2.75, 3.05) is 32.0 Å². The SMILES string of the molecule is Nc1cc(S(=O)(=O)N2CCOC(CO)C2)c(Br)cc1F. The van der Waals surface area contributed by atoms with Crippen molar-refractivity contribution in [1.82, 2.24) is 4.31 Å². The van der Waals surface area contributed by atoms with Crippen molar-refractivity contribution >= 4 is 31.6 Å². The van der Waals surface area contributed by atoms with Gasteiger partial charge in [-0.2, -0.15) is 4.31 Å². The number of aliphatic hydroxyl groups is 1. The maximum absolute atomic E-state index is 13.3. The molecule has 1 saturated heterocycles. The quantitative estimate of drug-likeness (QED) is 0.760. The number of aliphatic hydroxyl groups excluding tert-OH is 1. The van der Waals surface area contributed by atoms with E-state index in [-0.39, 0.29) is 41.4 Å². The summed E-state index contributed by atoms with van der Waals surface area (Å²) < 4.78 is 44.8. The molecule has 2 rings (SSSR count). The van der Waals surface area contributed by atoms with Gasteiger partial charge < -0.3 is 15.6 Å². The number of nitrogen functional groups attached to an aromatic ring is 1. The lowest BCUT2D eigenvalue weighted by molar-refractivity contribution is -0.0304. The molecule has 0 spiro atoms. The third-order valence-corrected chi connectivity index (χ3v) is 5.80. The number of benzene rings is 1. The van der Waals surface area contributed by atoms with Crippen molar-refractivity contribution in [3.63, 3.8) is 0 Å². The fourth-order valence-corrected chi connectivity index (χ4v) is 4.37. The first kappa shape index (κ1) is 15.6. The Morgan fingerprint density at radius 2 is 2.25 bits per heavy atom. The van der Waals surface area contributed by atoms with Gasteiger partial charge in [-0.15, -0.1) is 0 Å².